The van der Waals surface area contributed by atoms with Crippen LogP contribution in [0, 0.1) is 0 Å². The second-order valence-corrected chi connectivity index (χ2v) is 5.78. The molecule has 0 aliphatic heterocycles. The minimum atomic E-state index is -0.468. The third-order valence-electron chi connectivity index (χ3n) is 3.71. The Kier molecular flexibility index (Phi) is 5.09. The Hall–Kier alpha value is -2.73. The molecule has 3 aromatic rings. The topological polar surface area (TPSA) is 81.2 Å². The Morgan fingerprint density at radius 1 is 1.08 bits per heavy atom. The lowest BCUT2D eigenvalue weighted by Gasteiger charge is -2.09. The quantitative estimate of drug-likeness (QED) is 0.429. The van der Waals surface area contributed by atoms with Crippen molar-refractivity contribution in [3.05, 3.63) is 42.0 Å². The molecule has 128 valence electrons. The van der Waals surface area contributed by atoms with E-state index in [1.54, 1.807) is 36.4 Å². The first kappa shape index (κ1) is 17.1. The first-order valence-corrected chi connectivity index (χ1v) is 8.31. The summed E-state index contributed by atoms with van der Waals surface area (Å²) in [5, 5.41) is 2.84. The molecule has 1 heterocycles. The van der Waals surface area contributed by atoms with Crippen molar-refractivity contribution in [3.8, 4) is 0 Å². The van der Waals surface area contributed by atoms with E-state index < -0.39 is 5.97 Å². The van der Waals surface area contributed by atoms with Gasteiger partial charge in [0.15, 0.2) is 0 Å². The maximum atomic E-state index is 12.0. The van der Waals surface area contributed by atoms with Crippen LogP contribution in [0.25, 0.3) is 22.1 Å². The molecule has 1 amide bonds. The van der Waals surface area contributed by atoms with Crippen molar-refractivity contribution in [3.63, 3.8) is 0 Å². The molecule has 0 radical (unpaired) electrons. The van der Waals surface area contributed by atoms with E-state index in [0.717, 1.165) is 0 Å². The van der Waals surface area contributed by atoms with Gasteiger partial charge in [-0.3, -0.25) is 4.79 Å². The molecular formula is C18H16ClN3O3. The molecule has 1 aromatic heterocycles. The van der Waals surface area contributed by atoms with Gasteiger partial charge in [0.1, 0.15) is 11.0 Å². The Balaban J connectivity index is 2.09. The third kappa shape index (κ3) is 3.53. The van der Waals surface area contributed by atoms with Crippen molar-refractivity contribution >= 4 is 51.2 Å². The van der Waals surface area contributed by atoms with Gasteiger partial charge in [0.25, 0.3) is 0 Å². The lowest BCUT2D eigenvalue weighted by atomic mass is 10.1. The fourth-order valence-electron chi connectivity index (χ4n) is 2.53. The molecule has 2 aromatic carbocycles. The number of esters is 1. The number of hydrogen-bond donors (Lipinski definition) is 1. The molecule has 1 N–H and O–H groups in total. The average Bonchev–Trinajstić information content (AvgIpc) is 2.64. The predicted molar refractivity (Wildman–Crippen MR) is 97.0 cm³/mol. The molecule has 0 saturated carbocycles. The Labute approximate surface area is 149 Å². The number of fused-ring (bicyclic) bond motifs is 2. The van der Waals surface area contributed by atoms with Crippen molar-refractivity contribution < 1.29 is 14.3 Å². The van der Waals surface area contributed by atoms with Crippen LogP contribution < -0.4 is 5.32 Å². The molecule has 0 aliphatic carbocycles. The number of amides is 1. The van der Waals surface area contributed by atoms with Crippen LogP contribution in [0.2, 0.25) is 0 Å². The highest BCUT2D eigenvalue weighted by atomic mass is 35.5. The Bertz CT molecular complexity index is 959. The second-order valence-electron chi connectivity index (χ2n) is 5.40. The zero-order valence-corrected chi connectivity index (χ0v) is 14.3. The van der Waals surface area contributed by atoms with Gasteiger partial charge in [0.05, 0.1) is 29.4 Å². The number of ether oxygens (including phenoxy) is 1. The predicted octanol–water partition coefficient (Wildman–Crippen LogP) is 3.53. The van der Waals surface area contributed by atoms with Crippen molar-refractivity contribution in [2.75, 3.05) is 18.3 Å². The summed E-state index contributed by atoms with van der Waals surface area (Å²) in [5.41, 5.74) is 3.10. The highest BCUT2D eigenvalue weighted by molar-refractivity contribution is 6.18. The largest absolute Gasteiger partial charge is 0.465 e. The van der Waals surface area contributed by atoms with E-state index in [2.05, 4.69) is 15.3 Å². The highest BCUT2D eigenvalue weighted by Gasteiger charge is 2.14. The fraction of sp³-hybridized carbons (Fsp3) is 0.222. The van der Waals surface area contributed by atoms with E-state index in [9.17, 15) is 9.59 Å². The Morgan fingerprint density at radius 3 is 2.48 bits per heavy atom. The summed E-state index contributed by atoms with van der Waals surface area (Å²) in [7, 11) is 1.32. The minimum Gasteiger partial charge on any atom is -0.465 e. The van der Waals surface area contributed by atoms with E-state index in [4.69, 9.17) is 16.3 Å². The molecule has 6 nitrogen and oxygen atoms in total. The summed E-state index contributed by atoms with van der Waals surface area (Å²) < 4.78 is 4.80. The zero-order valence-electron chi connectivity index (χ0n) is 13.6. The summed E-state index contributed by atoms with van der Waals surface area (Å²) in [6.07, 6.45) is 0.947. The van der Waals surface area contributed by atoms with Gasteiger partial charge in [-0.1, -0.05) is 12.1 Å². The molecular weight excluding hydrogens is 342 g/mol. The summed E-state index contributed by atoms with van der Waals surface area (Å²) in [6, 6.07) is 10.5. The SMILES string of the molecule is COC(=O)c1cccc2nc3c(NC(=O)CCCCl)cccc3nc12. The van der Waals surface area contributed by atoms with Gasteiger partial charge in [-0.25, -0.2) is 14.8 Å². The van der Waals surface area contributed by atoms with Crippen molar-refractivity contribution in [2.24, 2.45) is 0 Å². The van der Waals surface area contributed by atoms with Gasteiger partial charge >= 0.3 is 5.97 Å². The molecule has 0 bridgehead atoms. The normalized spacial score (nSPS) is 10.8. The smallest absolute Gasteiger partial charge is 0.340 e. The van der Waals surface area contributed by atoms with Crippen LogP contribution in [-0.2, 0) is 9.53 Å². The number of benzene rings is 2. The first-order valence-electron chi connectivity index (χ1n) is 7.77. The number of aromatic nitrogens is 2. The molecule has 3 rings (SSSR count). The Morgan fingerprint density at radius 2 is 1.76 bits per heavy atom. The number of halogens is 1. The molecule has 0 atom stereocenters. The van der Waals surface area contributed by atoms with Gasteiger partial charge in [0, 0.05) is 12.3 Å². The fourth-order valence-corrected chi connectivity index (χ4v) is 2.67. The third-order valence-corrected chi connectivity index (χ3v) is 3.98. The molecule has 0 unspecified atom stereocenters. The number of carbonyl (C=O) groups excluding carboxylic acids is 2. The lowest BCUT2D eigenvalue weighted by molar-refractivity contribution is -0.116. The number of nitrogens with zero attached hydrogens (tertiary/aromatic N) is 2. The van der Waals surface area contributed by atoms with Gasteiger partial charge in [-0.15, -0.1) is 11.6 Å². The van der Waals surface area contributed by atoms with Gasteiger partial charge in [-0.2, -0.15) is 0 Å². The molecule has 0 aliphatic rings. The number of carbonyl (C=O) groups is 2. The number of hydrogen-bond acceptors (Lipinski definition) is 5. The minimum absolute atomic E-state index is 0.127. The molecule has 0 spiro atoms. The summed E-state index contributed by atoms with van der Waals surface area (Å²) in [4.78, 5) is 33.0. The van der Waals surface area contributed by atoms with E-state index in [1.807, 2.05) is 0 Å². The van der Waals surface area contributed by atoms with Crippen LogP contribution >= 0.6 is 11.6 Å². The van der Waals surface area contributed by atoms with E-state index in [1.165, 1.54) is 7.11 Å². The lowest BCUT2D eigenvalue weighted by Crippen LogP contribution is -2.12. The molecule has 0 saturated heterocycles. The van der Waals surface area contributed by atoms with E-state index in [0.29, 0.717) is 52.0 Å². The van der Waals surface area contributed by atoms with Crippen LogP contribution in [0.4, 0.5) is 5.69 Å². The number of para-hydroxylation sites is 2. The first-order chi connectivity index (χ1) is 12.1. The maximum absolute atomic E-state index is 12.0. The summed E-state index contributed by atoms with van der Waals surface area (Å²) in [5.74, 6) is -0.160. The van der Waals surface area contributed by atoms with Crippen LogP contribution in [0.15, 0.2) is 36.4 Å². The van der Waals surface area contributed by atoms with Crippen LogP contribution in [-0.4, -0.2) is 34.8 Å². The van der Waals surface area contributed by atoms with Crippen LogP contribution in [0.1, 0.15) is 23.2 Å². The molecule has 0 fully saturated rings. The van der Waals surface area contributed by atoms with Crippen LogP contribution in [0.3, 0.4) is 0 Å². The average molecular weight is 358 g/mol. The number of nitrogens with one attached hydrogen (secondary N) is 1. The standard InChI is InChI=1S/C18H16ClN3O3/c1-25-18(24)11-5-2-6-12-16(11)21-14-8-3-7-13(17(14)22-12)20-15(23)9-4-10-19/h2-3,5-8H,4,9-10H2,1H3,(H,20,23). The van der Waals surface area contributed by atoms with Crippen molar-refractivity contribution in [1.29, 1.82) is 0 Å². The van der Waals surface area contributed by atoms with E-state index in [-0.39, 0.29) is 5.91 Å². The van der Waals surface area contributed by atoms with Crippen LogP contribution in [0.5, 0.6) is 0 Å². The highest BCUT2D eigenvalue weighted by Crippen LogP contribution is 2.25. The monoisotopic (exact) mass is 357 g/mol. The van der Waals surface area contributed by atoms with Gasteiger partial charge in [0.2, 0.25) is 5.91 Å². The maximum Gasteiger partial charge on any atom is 0.340 e. The molecule has 25 heavy (non-hydrogen) atoms. The van der Waals surface area contributed by atoms with Crippen molar-refractivity contribution in [2.45, 2.75) is 12.8 Å². The number of methoxy groups -OCH3 is 1. The zero-order chi connectivity index (χ0) is 17.8. The van der Waals surface area contributed by atoms with Crippen molar-refractivity contribution in [1.82, 2.24) is 9.97 Å². The number of alkyl halides is 1. The van der Waals surface area contributed by atoms with Gasteiger partial charge in [-0.05, 0) is 30.7 Å². The van der Waals surface area contributed by atoms with Gasteiger partial charge < -0.3 is 10.1 Å². The molecule has 7 heteroatoms. The number of anilines is 1. The number of rotatable bonds is 5. The van der Waals surface area contributed by atoms with E-state index >= 15 is 0 Å². The summed E-state index contributed by atoms with van der Waals surface area (Å²) >= 11 is 5.62. The second kappa shape index (κ2) is 7.44. The summed E-state index contributed by atoms with van der Waals surface area (Å²) in [6.45, 7) is 0.